The molecule has 2 aromatic heterocycles. The summed E-state index contributed by atoms with van der Waals surface area (Å²) in [4.78, 5) is 22.2. The zero-order valence-corrected chi connectivity index (χ0v) is 15.7. The lowest BCUT2D eigenvalue weighted by Gasteiger charge is -2.14. The molecule has 0 aliphatic carbocycles. The fourth-order valence-electron chi connectivity index (χ4n) is 3.50. The lowest BCUT2D eigenvalue weighted by molar-refractivity contribution is 0.0687. The Kier molecular flexibility index (Phi) is 5.12. The van der Waals surface area contributed by atoms with Gasteiger partial charge in [-0.1, -0.05) is 12.1 Å². The Morgan fingerprint density at radius 1 is 1.25 bits per heavy atom. The average molecular weight is 382 g/mol. The highest BCUT2D eigenvalue weighted by Gasteiger charge is 2.16. The normalized spacial score (nSPS) is 14.5. The van der Waals surface area contributed by atoms with Crippen LogP contribution in [0.4, 0.5) is 0 Å². The Morgan fingerprint density at radius 3 is 2.86 bits per heavy atom. The van der Waals surface area contributed by atoms with Gasteiger partial charge >= 0.3 is 12.0 Å². The Balaban J connectivity index is 1.50. The van der Waals surface area contributed by atoms with Crippen LogP contribution < -0.4 is 9.47 Å². The van der Waals surface area contributed by atoms with E-state index in [2.05, 4.69) is 14.9 Å². The molecule has 0 unspecified atom stereocenters. The molecule has 1 fully saturated rings. The van der Waals surface area contributed by atoms with E-state index in [1.807, 2.05) is 12.1 Å². The van der Waals surface area contributed by atoms with Crippen LogP contribution in [0.5, 0.6) is 17.6 Å². The number of ether oxygens (including phenoxy) is 2. The van der Waals surface area contributed by atoms with Gasteiger partial charge in [0.05, 0.1) is 5.52 Å². The van der Waals surface area contributed by atoms with Crippen LogP contribution in [-0.4, -0.2) is 56.8 Å². The number of nitrogens with zero attached hydrogens (tertiary/aromatic N) is 4. The van der Waals surface area contributed by atoms with E-state index in [1.54, 1.807) is 36.0 Å². The van der Waals surface area contributed by atoms with Crippen LogP contribution in [0.25, 0.3) is 10.9 Å². The summed E-state index contributed by atoms with van der Waals surface area (Å²) in [7, 11) is 1.70. The van der Waals surface area contributed by atoms with Gasteiger partial charge in [0.15, 0.2) is 5.75 Å². The molecule has 28 heavy (non-hydrogen) atoms. The predicted octanol–water partition coefficient (Wildman–Crippen LogP) is 2.93. The quantitative estimate of drug-likeness (QED) is 0.672. The molecule has 3 aromatic rings. The summed E-state index contributed by atoms with van der Waals surface area (Å²) in [5.41, 5.74) is 0.884. The summed E-state index contributed by atoms with van der Waals surface area (Å²) in [6, 6.07) is 8.98. The largest absolute Gasteiger partial charge is 0.477 e. The summed E-state index contributed by atoms with van der Waals surface area (Å²) < 4.78 is 13.2. The number of carboxylic acids is 1. The molecule has 146 valence electrons. The third kappa shape index (κ3) is 3.77. The number of carboxylic acid groups (broad SMARTS) is 1. The smallest absolute Gasteiger partial charge is 0.352 e. The summed E-state index contributed by atoms with van der Waals surface area (Å²) in [5, 5.41) is 10.1. The molecule has 0 bridgehead atoms. The molecule has 8 nitrogen and oxygen atoms in total. The average Bonchev–Trinajstić information content (AvgIpc) is 3.31. The number of benzene rings is 1. The van der Waals surface area contributed by atoms with Gasteiger partial charge in [-0.3, -0.25) is 4.90 Å². The Labute approximate surface area is 162 Å². The van der Waals surface area contributed by atoms with Crippen molar-refractivity contribution < 1.29 is 19.4 Å². The standard InChI is InChI=1S/C20H22N4O4/c1-23-15(19(25)26)13-14-5-4-6-16(18(14)23)28-17-7-8-21-20(22-17)27-12-11-24-9-2-3-10-24/h4-8,13H,2-3,9-12H2,1H3,(H,25,26). The maximum atomic E-state index is 11.4. The topological polar surface area (TPSA) is 89.7 Å². The summed E-state index contributed by atoms with van der Waals surface area (Å²) >= 11 is 0. The SMILES string of the molecule is Cn1c(C(=O)O)cc2cccc(Oc3ccnc(OCCN4CCCC4)n3)c21. The lowest BCUT2D eigenvalue weighted by atomic mass is 10.2. The molecular formula is C20H22N4O4. The maximum Gasteiger partial charge on any atom is 0.352 e. The number of hydrogen-bond acceptors (Lipinski definition) is 6. The number of hydrogen-bond donors (Lipinski definition) is 1. The third-order valence-electron chi connectivity index (χ3n) is 4.90. The van der Waals surface area contributed by atoms with Crippen LogP contribution in [0.1, 0.15) is 23.3 Å². The molecule has 1 saturated heterocycles. The van der Waals surface area contributed by atoms with Crippen molar-refractivity contribution in [3.8, 4) is 17.6 Å². The van der Waals surface area contributed by atoms with Crippen LogP contribution >= 0.6 is 0 Å². The van der Waals surface area contributed by atoms with E-state index in [4.69, 9.17) is 9.47 Å². The molecule has 1 aromatic carbocycles. The van der Waals surface area contributed by atoms with E-state index < -0.39 is 5.97 Å². The molecule has 3 heterocycles. The Bertz CT molecular complexity index is 995. The van der Waals surface area contributed by atoms with Gasteiger partial charge in [0, 0.05) is 31.2 Å². The van der Waals surface area contributed by atoms with E-state index in [1.165, 1.54) is 12.8 Å². The molecule has 1 aliphatic heterocycles. The van der Waals surface area contributed by atoms with E-state index in [0.29, 0.717) is 23.8 Å². The van der Waals surface area contributed by atoms with Crippen molar-refractivity contribution in [1.82, 2.24) is 19.4 Å². The zero-order chi connectivity index (χ0) is 19.5. The second kappa shape index (κ2) is 7.85. The number of fused-ring (bicyclic) bond motifs is 1. The lowest BCUT2D eigenvalue weighted by Crippen LogP contribution is -2.25. The first-order chi connectivity index (χ1) is 13.6. The van der Waals surface area contributed by atoms with Crippen molar-refractivity contribution >= 4 is 16.9 Å². The van der Waals surface area contributed by atoms with Crippen LogP contribution in [0.3, 0.4) is 0 Å². The van der Waals surface area contributed by atoms with E-state index >= 15 is 0 Å². The van der Waals surface area contributed by atoms with Crippen LogP contribution in [0, 0.1) is 0 Å². The van der Waals surface area contributed by atoms with Gasteiger partial charge in [-0.2, -0.15) is 4.98 Å². The highest BCUT2D eigenvalue weighted by molar-refractivity contribution is 5.96. The number of likely N-dealkylation sites (tertiary alicyclic amines) is 1. The highest BCUT2D eigenvalue weighted by Crippen LogP contribution is 2.31. The molecular weight excluding hydrogens is 360 g/mol. The van der Waals surface area contributed by atoms with Gasteiger partial charge in [0.2, 0.25) is 5.88 Å². The van der Waals surface area contributed by atoms with E-state index in [0.717, 1.165) is 25.0 Å². The predicted molar refractivity (Wildman–Crippen MR) is 103 cm³/mol. The Hall–Kier alpha value is -3.13. The van der Waals surface area contributed by atoms with Crippen molar-refractivity contribution in [3.63, 3.8) is 0 Å². The van der Waals surface area contributed by atoms with Gasteiger partial charge < -0.3 is 19.1 Å². The second-order valence-corrected chi connectivity index (χ2v) is 6.76. The first kappa shape index (κ1) is 18.2. The molecule has 0 radical (unpaired) electrons. The van der Waals surface area contributed by atoms with Gasteiger partial charge in [0.1, 0.15) is 12.3 Å². The van der Waals surface area contributed by atoms with Gasteiger partial charge in [-0.25, -0.2) is 9.78 Å². The first-order valence-corrected chi connectivity index (χ1v) is 9.29. The number of aromatic nitrogens is 3. The van der Waals surface area contributed by atoms with Gasteiger partial charge in [-0.15, -0.1) is 0 Å². The molecule has 4 rings (SSSR count). The molecule has 1 aliphatic rings. The molecule has 0 saturated carbocycles. The second-order valence-electron chi connectivity index (χ2n) is 6.76. The monoisotopic (exact) mass is 382 g/mol. The Morgan fingerprint density at radius 2 is 2.07 bits per heavy atom. The molecule has 0 atom stereocenters. The molecule has 1 N–H and O–H groups in total. The minimum absolute atomic E-state index is 0.194. The summed E-state index contributed by atoms with van der Waals surface area (Å²) in [5.74, 6) is -0.119. The molecule has 0 amide bonds. The van der Waals surface area contributed by atoms with Crippen LogP contribution in [0.15, 0.2) is 36.5 Å². The van der Waals surface area contributed by atoms with Crippen molar-refractivity contribution in [2.45, 2.75) is 12.8 Å². The zero-order valence-electron chi connectivity index (χ0n) is 15.7. The number of para-hydroxylation sites is 1. The number of rotatable bonds is 7. The first-order valence-electron chi connectivity index (χ1n) is 9.29. The van der Waals surface area contributed by atoms with Gasteiger partial charge in [0.25, 0.3) is 0 Å². The van der Waals surface area contributed by atoms with Crippen molar-refractivity contribution in [2.75, 3.05) is 26.2 Å². The van der Waals surface area contributed by atoms with E-state index in [-0.39, 0.29) is 11.7 Å². The minimum atomic E-state index is -0.986. The number of aryl methyl sites for hydroxylation is 1. The van der Waals surface area contributed by atoms with Crippen LogP contribution in [0.2, 0.25) is 0 Å². The molecule has 0 spiro atoms. The summed E-state index contributed by atoms with van der Waals surface area (Å²) in [6.45, 7) is 3.62. The van der Waals surface area contributed by atoms with Crippen molar-refractivity contribution in [2.24, 2.45) is 7.05 Å². The number of aromatic carboxylic acids is 1. The molecule has 8 heteroatoms. The number of carbonyl (C=O) groups is 1. The fraction of sp³-hybridized carbons (Fsp3) is 0.350. The summed E-state index contributed by atoms with van der Waals surface area (Å²) in [6.07, 6.45) is 4.07. The van der Waals surface area contributed by atoms with Crippen molar-refractivity contribution in [3.05, 3.63) is 42.2 Å². The minimum Gasteiger partial charge on any atom is -0.477 e. The van der Waals surface area contributed by atoms with E-state index in [9.17, 15) is 9.90 Å². The fourth-order valence-corrected chi connectivity index (χ4v) is 3.50. The maximum absolute atomic E-state index is 11.4. The highest BCUT2D eigenvalue weighted by atomic mass is 16.5. The third-order valence-corrected chi connectivity index (χ3v) is 4.90. The van der Waals surface area contributed by atoms with Crippen LogP contribution in [-0.2, 0) is 7.05 Å². The van der Waals surface area contributed by atoms with Gasteiger partial charge in [-0.05, 0) is 38.1 Å². The van der Waals surface area contributed by atoms with Crippen molar-refractivity contribution in [1.29, 1.82) is 0 Å².